The van der Waals surface area contributed by atoms with Crippen molar-refractivity contribution in [2.75, 3.05) is 0 Å². The van der Waals surface area contributed by atoms with Crippen LogP contribution in [0.15, 0.2) is 28.2 Å². The molecule has 0 aliphatic rings. The molecule has 0 amide bonds. The standard InChI is InChI=1S/C9H7BrN2OS/c1-6-2-4-7(5-3-6)13-9-12-11-8(10)14-9/h2-5H,1H3. The van der Waals surface area contributed by atoms with Crippen LogP contribution in [0.5, 0.6) is 10.9 Å². The molecule has 72 valence electrons. The molecule has 0 saturated carbocycles. The normalized spacial score (nSPS) is 10.1. The fraction of sp³-hybridized carbons (Fsp3) is 0.111. The summed E-state index contributed by atoms with van der Waals surface area (Å²) < 4.78 is 6.19. The first-order chi connectivity index (χ1) is 6.74. The molecule has 0 radical (unpaired) electrons. The number of hydrogen-bond acceptors (Lipinski definition) is 4. The molecule has 1 aromatic carbocycles. The van der Waals surface area contributed by atoms with Crippen LogP contribution in [0, 0.1) is 6.92 Å². The zero-order valence-corrected chi connectivity index (χ0v) is 9.80. The maximum absolute atomic E-state index is 5.47. The number of benzene rings is 1. The molecule has 0 aliphatic carbocycles. The molecule has 14 heavy (non-hydrogen) atoms. The lowest BCUT2D eigenvalue weighted by Gasteiger charge is -1.99. The second-order valence-corrected chi connectivity index (χ2v) is 4.95. The summed E-state index contributed by atoms with van der Waals surface area (Å²) in [4.78, 5) is 0. The number of nitrogens with zero attached hydrogens (tertiary/aromatic N) is 2. The Morgan fingerprint density at radius 3 is 2.50 bits per heavy atom. The van der Waals surface area contributed by atoms with Gasteiger partial charge in [0.15, 0.2) is 3.92 Å². The van der Waals surface area contributed by atoms with Crippen LogP contribution in [0.25, 0.3) is 0 Å². The highest BCUT2D eigenvalue weighted by atomic mass is 79.9. The van der Waals surface area contributed by atoms with Gasteiger partial charge in [-0.15, -0.1) is 5.10 Å². The zero-order valence-electron chi connectivity index (χ0n) is 7.40. The first kappa shape index (κ1) is 9.61. The lowest BCUT2D eigenvalue weighted by molar-refractivity contribution is 0.473. The molecule has 0 bridgehead atoms. The monoisotopic (exact) mass is 270 g/mol. The van der Waals surface area contributed by atoms with E-state index in [9.17, 15) is 0 Å². The van der Waals surface area contributed by atoms with Crippen molar-refractivity contribution in [2.45, 2.75) is 6.92 Å². The molecule has 2 rings (SSSR count). The minimum absolute atomic E-state index is 0.542. The van der Waals surface area contributed by atoms with Crippen LogP contribution in [0.3, 0.4) is 0 Å². The minimum Gasteiger partial charge on any atom is -0.430 e. The summed E-state index contributed by atoms with van der Waals surface area (Å²) in [6.07, 6.45) is 0. The molecular weight excluding hydrogens is 264 g/mol. The highest BCUT2D eigenvalue weighted by Gasteiger charge is 2.02. The summed E-state index contributed by atoms with van der Waals surface area (Å²) in [5, 5.41) is 8.17. The van der Waals surface area contributed by atoms with Crippen LogP contribution in [0.4, 0.5) is 0 Å². The maximum Gasteiger partial charge on any atom is 0.300 e. The lowest BCUT2D eigenvalue weighted by Crippen LogP contribution is -1.82. The molecule has 0 atom stereocenters. The Bertz CT molecular complexity index is 427. The van der Waals surface area contributed by atoms with Gasteiger partial charge >= 0.3 is 0 Å². The average molecular weight is 271 g/mol. The van der Waals surface area contributed by atoms with Crippen LogP contribution in [0.1, 0.15) is 5.56 Å². The number of ether oxygens (including phenoxy) is 1. The van der Waals surface area contributed by atoms with E-state index in [0.717, 1.165) is 9.67 Å². The Morgan fingerprint density at radius 1 is 1.21 bits per heavy atom. The van der Waals surface area contributed by atoms with Crippen LogP contribution < -0.4 is 4.74 Å². The molecular formula is C9H7BrN2OS. The van der Waals surface area contributed by atoms with E-state index in [1.54, 1.807) is 0 Å². The highest BCUT2D eigenvalue weighted by Crippen LogP contribution is 2.27. The zero-order chi connectivity index (χ0) is 9.97. The van der Waals surface area contributed by atoms with Crippen LogP contribution >= 0.6 is 27.3 Å². The van der Waals surface area contributed by atoms with Gasteiger partial charge in [0.2, 0.25) is 0 Å². The van der Waals surface area contributed by atoms with Crippen LogP contribution in [-0.2, 0) is 0 Å². The van der Waals surface area contributed by atoms with Gasteiger partial charge in [0.1, 0.15) is 5.75 Å². The van der Waals surface area contributed by atoms with Gasteiger partial charge in [-0.2, -0.15) is 0 Å². The smallest absolute Gasteiger partial charge is 0.300 e. The quantitative estimate of drug-likeness (QED) is 0.839. The molecule has 0 N–H and O–H groups in total. The Morgan fingerprint density at radius 2 is 1.93 bits per heavy atom. The molecule has 0 unspecified atom stereocenters. The summed E-state index contributed by atoms with van der Waals surface area (Å²) in [5.41, 5.74) is 1.20. The van der Waals surface area contributed by atoms with Gasteiger partial charge in [0.25, 0.3) is 5.19 Å². The average Bonchev–Trinajstić information content (AvgIpc) is 2.56. The van der Waals surface area contributed by atoms with Gasteiger partial charge in [-0.05, 0) is 46.3 Å². The van der Waals surface area contributed by atoms with Crippen molar-refractivity contribution in [2.24, 2.45) is 0 Å². The van der Waals surface area contributed by atoms with Crippen LogP contribution in [0.2, 0.25) is 0 Å². The molecule has 3 nitrogen and oxygen atoms in total. The third kappa shape index (κ3) is 2.30. The van der Waals surface area contributed by atoms with Crippen molar-refractivity contribution in [3.8, 4) is 10.9 Å². The maximum atomic E-state index is 5.47. The van der Waals surface area contributed by atoms with E-state index >= 15 is 0 Å². The van der Waals surface area contributed by atoms with Crippen LogP contribution in [-0.4, -0.2) is 10.2 Å². The fourth-order valence-corrected chi connectivity index (χ4v) is 1.88. The SMILES string of the molecule is Cc1ccc(Oc2nnc(Br)s2)cc1. The molecule has 0 saturated heterocycles. The second kappa shape index (κ2) is 4.06. The summed E-state index contributed by atoms with van der Waals surface area (Å²) in [6.45, 7) is 2.03. The van der Waals surface area contributed by atoms with Crippen molar-refractivity contribution in [3.63, 3.8) is 0 Å². The molecule has 2 aromatic rings. The molecule has 5 heteroatoms. The first-order valence-corrected chi connectivity index (χ1v) is 5.58. The van der Waals surface area contributed by atoms with E-state index in [2.05, 4.69) is 26.1 Å². The first-order valence-electron chi connectivity index (χ1n) is 3.97. The Hall–Kier alpha value is -0.940. The third-order valence-electron chi connectivity index (χ3n) is 1.61. The third-order valence-corrected chi connectivity index (χ3v) is 2.84. The van der Waals surface area contributed by atoms with E-state index in [1.165, 1.54) is 16.9 Å². The fourth-order valence-electron chi connectivity index (χ4n) is 0.941. The van der Waals surface area contributed by atoms with Gasteiger partial charge in [-0.3, -0.25) is 0 Å². The van der Waals surface area contributed by atoms with Crippen molar-refractivity contribution in [1.82, 2.24) is 10.2 Å². The number of hydrogen-bond donors (Lipinski definition) is 0. The molecule has 0 aliphatic heterocycles. The van der Waals surface area contributed by atoms with Crippen molar-refractivity contribution >= 4 is 27.3 Å². The predicted molar refractivity (Wildman–Crippen MR) is 58.9 cm³/mol. The molecule has 1 aromatic heterocycles. The van der Waals surface area contributed by atoms with E-state index in [-0.39, 0.29) is 0 Å². The van der Waals surface area contributed by atoms with E-state index in [1.807, 2.05) is 31.2 Å². The minimum atomic E-state index is 0.542. The number of halogens is 1. The van der Waals surface area contributed by atoms with Gasteiger partial charge in [0, 0.05) is 0 Å². The van der Waals surface area contributed by atoms with E-state index < -0.39 is 0 Å². The van der Waals surface area contributed by atoms with Crippen molar-refractivity contribution < 1.29 is 4.74 Å². The van der Waals surface area contributed by atoms with E-state index in [0.29, 0.717) is 5.19 Å². The lowest BCUT2D eigenvalue weighted by atomic mass is 10.2. The van der Waals surface area contributed by atoms with Gasteiger partial charge in [-0.1, -0.05) is 22.8 Å². The number of aryl methyl sites for hydroxylation is 1. The topological polar surface area (TPSA) is 35.0 Å². The largest absolute Gasteiger partial charge is 0.430 e. The summed E-state index contributed by atoms with van der Waals surface area (Å²) >= 11 is 4.58. The van der Waals surface area contributed by atoms with Gasteiger partial charge < -0.3 is 4.74 Å². The summed E-state index contributed by atoms with van der Waals surface area (Å²) in [5.74, 6) is 0.777. The van der Waals surface area contributed by atoms with Crippen molar-refractivity contribution in [1.29, 1.82) is 0 Å². The molecule has 0 spiro atoms. The highest BCUT2D eigenvalue weighted by molar-refractivity contribution is 9.11. The Labute approximate surface area is 93.9 Å². The van der Waals surface area contributed by atoms with E-state index in [4.69, 9.17) is 4.74 Å². The Kier molecular flexibility index (Phi) is 2.79. The Balaban J connectivity index is 2.15. The summed E-state index contributed by atoms with van der Waals surface area (Å²) in [7, 11) is 0. The molecule has 1 heterocycles. The number of rotatable bonds is 2. The summed E-state index contributed by atoms with van der Waals surface area (Å²) in [6, 6.07) is 7.80. The van der Waals surface area contributed by atoms with Crippen molar-refractivity contribution in [3.05, 3.63) is 33.7 Å². The van der Waals surface area contributed by atoms with Gasteiger partial charge in [0.05, 0.1) is 0 Å². The molecule has 0 fully saturated rings. The predicted octanol–water partition coefficient (Wildman–Crippen LogP) is 3.40. The number of aromatic nitrogens is 2. The van der Waals surface area contributed by atoms with Gasteiger partial charge in [-0.25, -0.2) is 0 Å². The second-order valence-electron chi connectivity index (χ2n) is 2.74.